The molecule has 8 nitrogen and oxygen atoms in total. The summed E-state index contributed by atoms with van der Waals surface area (Å²) in [4.78, 5) is 0. The van der Waals surface area contributed by atoms with Crippen LogP contribution in [-0.2, 0) is 20.4 Å². The van der Waals surface area contributed by atoms with Crippen LogP contribution in [0.1, 0.15) is 19.8 Å². The van der Waals surface area contributed by atoms with Crippen molar-refractivity contribution in [1.82, 2.24) is 12.9 Å². The van der Waals surface area contributed by atoms with Gasteiger partial charge in [-0.05, 0) is 18.8 Å². The molecule has 1 atom stereocenters. The lowest BCUT2D eigenvalue weighted by Crippen LogP contribution is -2.56. The van der Waals surface area contributed by atoms with Crippen LogP contribution in [-0.4, -0.2) is 69.0 Å². The average Bonchev–Trinajstić information content (AvgIpc) is 2.38. The Hall–Kier alpha value is -0.260. The van der Waals surface area contributed by atoms with Gasteiger partial charge in [0.1, 0.15) is 0 Å². The van der Waals surface area contributed by atoms with E-state index >= 15 is 0 Å². The maximum absolute atomic E-state index is 12.5. The van der Waals surface area contributed by atoms with E-state index in [1.807, 2.05) is 6.92 Å². The van der Waals surface area contributed by atoms with Gasteiger partial charge in [-0.1, -0.05) is 6.92 Å². The molecular formula is C10H22N4O4S2. The molecular weight excluding hydrogens is 304 g/mol. The Labute approximate surface area is 120 Å². The largest absolute Gasteiger partial charge is 0.282 e. The smallest absolute Gasteiger partial charge is 0.216 e. The normalized spacial score (nSPS) is 28.6. The zero-order valence-electron chi connectivity index (χ0n) is 11.6. The number of hydrogen-bond donors (Lipinski definition) is 1. The van der Waals surface area contributed by atoms with Gasteiger partial charge in [0.2, 0.25) is 0 Å². The van der Waals surface area contributed by atoms with Crippen molar-refractivity contribution in [2.75, 3.05) is 39.3 Å². The molecule has 0 aliphatic carbocycles. The summed E-state index contributed by atoms with van der Waals surface area (Å²) >= 11 is 0. The molecule has 0 aromatic rings. The van der Waals surface area contributed by atoms with E-state index in [0.29, 0.717) is 19.0 Å². The van der Waals surface area contributed by atoms with E-state index in [1.54, 1.807) is 0 Å². The summed E-state index contributed by atoms with van der Waals surface area (Å²) in [6.07, 6.45) is 1.92. The second-order valence-electron chi connectivity index (χ2n) is 5.46. The van der Waals surface area contributed by atoms with Crippen LogP contribution in [0.4, 0.5) is 0 Å². The first-order valence-electron chi connectivity index (χ1n) is 6.74. The Balaban J connectivity index is 2.02. The molecule has 0 amide bonds. The number of piperidine rings is 1. The van der Waals surface area contributed by atoms with Crippen LogP contribution in [0.5, 0.6) is 0 Å². The molecule has 2 aliphatic heterocycles. The van der Waals surface area contributed by atoms with E-state index in [4.69, 9.17) is 5.14 Å². The van der Waals surface area contributed by atoms with Gasteiger partial charge in [-0.25, -0.2) is 5.14 Å². The fourth-order valence-corrected chi connectivity index (χ4v) is 5.10. The van der Waals surface area contributed by atoms with Crippen molar-refractivity contribution >= 4 is 20.4 Å². The predicted octanol–water partition coefficient (Wildman–Crippen LogP) is -1.22. The maximum Gasteiger partial charge on any atom is 0.282 e. The standard InChI is InChI=1S/C10H22N4O4S2/c1-10-3-2-4-14(9-10)20(17,18)13-7-5-12(6-8-13)19(11,15)16/h10H,2-9H2,1H3,(H2,11,15,16). The van der Waals surface area contributed by atoms with Gasteiger partial charge in [0.05, 0.1) is 0 Å². The van der Waals surface area contributed by atoms with Crippen LogP contribution in [0.25, 0.3) is 0 Å². The molecule has 2 heterocycles. The van der Waals surface area contributed by atoms with E-state index in [2.05, 4.69) is 0 Å². The first kappa shape index (κ1) is 16.1. The molecule has 0 bridgehead atoms. The SMILES string of the molecule is CC1CCCN(S(=O)(=O)N2CCN(S(N)(=O)=O)CC2)C1. The zero-order chi connectivity index (χ0) is 15.0. The molecule has 0 radical (unpaired) electrons. The van der Waals surface area contributed by atoms with Gasteiger partial charge in [-0.15, -0.1) is 0 Å². The quantitative estimate of drug-likeness (QED) is 0.702. The van der Waals surface area contributed by atoms with Crippen LogP contribution < -0.4 is 5.14 Å². The predicted molar refractivity (Wildman–Crippen MR) is 75.1 cm³/mol. The Bertz CT molecular complexity index is 540. The second-order valence-corrected chi connectivity index (χ2v) is 8.93. The lowest BCUT2D eigenvalue weighted by Gasteiger charge is -2.37. The van der Waals surface area contributed by atoms with Crippen molar-refractivity contribution in [3.05, 3.63) is 0 Å². The number of hydrogen-bond acceptors (Lipinski definition) is 4. The minimum atomic E-state index is -3.73. The van der Waals surface area contributed by atoms with Gasteiger partial charge >= 0.3 is 0 Å². The Kier molecular flexibility index (Phi) is 4.72. The van der Waals surface area contributed by atoms with Crippen molar-refractivity contribution in [2.45, 2.75) is 19.8 Å². The molecule has 2 aliphatic rings. The molecule has 0 aromatic heterocycles. The third kappa shape index (κ3) is 3.49. The maximum atomic E-state index is 12.5. The summed E-state index contributed by atoms with van der Waals surface area (Å²) in [5.74, 6) is 0.365. The number of nitrogens with zero attached hydrogens (tertiary/aromatic N) is 3. The van der Waals surface area contributed by atoms with Gasteiger partial charge in [-0.2, -0.15) is 29.8 Å². The fraction of sp³-hybridized carbons (Fsp3) is 1.00. The third-order valence-electron chi connectivity index (χ3n) is 3.83. The highest BCUT2D eigenvalue weighted by Crippen LogP contribution is 2.21. The summed E-state index contributed by atoms with van der Waals surface area (Å²) < 4.78 is 51.4. The molecule has 2 N–H and O–H groups in total. The molecule has 0 saturated carbocycles. The number of nitrogens with two attached hydrogens (primary N) is 1. The Morgan fingerprint density at radius 1 is 0.900 bits per heavy atom. The molecule has 2 saturated heterocycles. The minimum absolute atomic E-state index is 0.113. The van der Waals surface area contributed by atoms with E-state index < -0.39 is 20.4 Å². The van der Waals surface area contributed by atoms with Crippen molar-refractivity contribution in [2.24, 2.45) is 11.1 Å². The highest BCUT2D eigenvalue weighted by atomic mass is 32.2. The molecule has 10 heteroatoms. The summed E-state index contributed by atoms with van der Waals surface area (Å²) in [6.45, 7) is 3.66. The third-order valence-corrected chi connectivity index (χ3v) is 6.92. The lowest BCUT2D eigenvalue weighted by molar-refractivity contribution is 0.228. The van der Waals surface area contributed by atoms with Crippen LogP contribution in [0.3, 0.4) is 0 Å². The summed E-state index contributed by atoms with van der Waals surface area (Å²) in [7, 11) is -7.21. The second kappa shape index (κ2) is 5.85. The van der Waals surface area contributed by atoms with E-state index in [1.165, 1.54) is 8.61 Å². The molecule has 0 spiro atoms. The lowest BCUT2D eigenvalue weighted by atomic mass is 10.0. The van der Waals surface area contributed by atoms with Gasteiger partial charge in [-0.3, -0.25) is 0 Å². The van der Waals surface area contributed by atoms with Gasteiger partial charge < -0.3 is 0 Å². The minimum Gasteiger partial charge on any atom is -0.216 e. The van der Waals surface area contributed by atoms with E-state index in [9.17, 15) is 16.8 Å². The monoisotopic (exact) mass is 326 g/mol. The molecule has 20 heavy (non-hydrogen) atoms. The van der Waals surface area contributed by atoms with Crippen molar-refractivity contribution in [3.63, 3.8) is 0 Å². The Morgan fingerprint density at radius 3 is 1.95 bits per heavy atom. The van der Waals surface area contributed by atoms with E-state index in [-0.39, 0.29) is 26.2 Å². The van der Waals surface area contributed by atoms with Crippen molar-refractivity contribution in [3.8, 4) is 0 Å². The number of rotatable bonds is 3. The molecule has 2 fully saturated rings. The van der Waals surface area contributed by atoms with Crippen LogP contribution in [0, 0.1) is 5.92 Å². The van der Waals surface area contributed by atoms with Crippen molar-refractivity contribution in [1.29, 1.82) is 0 Å². The average molecular weight is 326 g/mol. The van der Waals surface area contributed by atoms with Crippen LogP contribution in [0.2, 0.25) is 0 Å². The Morgan fingerprint density at radius 2 is 1.45 bits per heavy atom. The summed E-state index contributed by atoms with van der Waals surface area (Å²) in [5, 5.41) is 5.05. The first-order chi connectivity index (χ1) is 9.21. The topological polar surface area (TPSA) is 104 Å². The summed E-state index contributed by atoms with van der Waals surface area (Å²) in [6, 6.07) is 0. The molecule has 2 rings (SSSR count). The van der Waals surface area contributed by atoms with Gasteiger partial charge in [0, 0.05) is 39.3 Å². The highest BCUT2D eigenvalue weighted by Gasteiger charge is 2.35. The molecule has 0 aromatic carbocycles. The number of piperazine rings is 1. The molecule has 1 unspecified atom stereocenters. The van der Waals surface area contributed by atoms with Crippen LogP contribution >= 0.6 is 0 Å². The first-order valence-corrected chi connectivity index (χ1v) is 9.64. The van der Waals surface area contributed by atoms with Crippen LogP contribution in [0.15, 0.2) is 0 Å². The molecule has 118 valence electrons. The van der Waals surface area contributed by atoms with E-state index in [0.717, 1.165) is 17.1 Å². The fourth-order valence-electron chi connectivity index (χ4n) is 2.67. The van der Waals surface area contributed by atoms with Crippen molar-refractivity contribution < 1.29 is 16.8 Å². The highest BCUT2D eigenvalue weighted by molar-refractivity contribution is 7.87. The van der Waals surface area contributed by atoms with Gasteiger partial charge in [0.15, 0.2) is 0 Å². The zero-order valence-corrected chi connectivity index (χ0v) is 13.2. The summed E-state index contributed by atoms with van der Waals surface area (Å²) in [5.41, 5.74) is 0. The van der Waals surface area contributed by atoms with Gasteiger partial charge in [0.25, 0.3) is 20.4 Å².